The van der Waals surface area contributed by atoms with Gasteiger partial charge in [-0.2, -0.15) is 13.2 Å². The SMILES string of the molecule is C/C=C/CCC1CCC(c2ccc(-c3cc(F)c(C#CC(F)(F)F)c(F)c3)c(F)c2)CC1. The Morgan fingerprint density at radius 3 is 2.16 bits per heavy atom. The van der Waals surface area contributed by atoms with Gasteiger partial charge in [0.2, 0.25) is 0 Å². The topological polar surface area (TPSA) is 0 Å². The highest BCUT2D eigenvalue weighted by Gasteiger charge is 2.25. The summed E-state index contributed by atoms with van der Waals surface area (Å²) in [5, 5.41) is 0. The summed E-state index contributed by atoms with van der Waals surface area (Å²) < 4.78 is 79.8. The summed E-state index contributed by atoms with van der Waals surface area (Å²) in [7, 11) is 0. The number of hydrogen-bond donors (Lipinski definition) is 0. The van der Waals surface area contributed by atoms with E-state index in [1.54, 1.807) is 6.07 Å². The maximum Gasteiger partial charge on any atom is 0.458 e. The van der Waals surface area contributed by atoms with Crippen LogP contribution in [0.2, 0.25) is 0 Å². The van der Waals surface area contributed by atoms with Crippen molar-refractivity contribution in [2.45, 2.75) is 57.5 Å². The van der Waals surface area contributed by atoms with E-state index in [1.807, 2.05) is 6.92 Å². The second-order valence-electron chi connectivity index (χ2n) is 8.17. The van der Waals surface area contributed by atoms with Gasteiger partial charge in [0.05, 0.1) is 5.56 Å². The van der Waals surface area contributed by atoms with Gasteiger partial charge < -0.3 is 0 Å². The molecule has 32 heavy (non-hydrogen) atoms. The van der Waals surface area contributed by atoms with Crippen molar-refractivity contribution in [1.29, 1.82) is 0 Å². The molecule has 170 valence electrons. The number of alkyl halides is 3. The number of benzene rings is 2. The Labute approximate surface area is 184 Å². The van der Waals surface area contributed by atoms with Gasteiger partial charge >= 0.3 is 6.18 Å². The molecule has 0 N–H and O–H groups in total. The summed E-state index contributed by atoms with van der Waals surface area (Å²) in [5.74, 6) is 0.0715. The molecule has 0 unspecified atom stereocenters. The quantitative estimate of drug-likeness (QED) is 0.244. The van der Waals surface area contributed by atoms with Crippen LogP contribution in [-0.2, 0) is 0 Å². The van der Waals surface area contributed by atoms with Crippen LogP contribution in [-0.4, -0.2) is 6.18 Å². The Morgan fingerprint density at radius 1 is 0.938 bits per heavy atom. The van der Waals surface area contributed by atoms with Crippen molar-refractivity contribution in [3.63, 3.8) is 0 Å². The molecule has 3 rings (SSSR count). The van der Waals surface area contributed by atoms with Crippen LogP contribution in [0.5, 0.6) is 0 Å². The Hall–Kier alpha value is -2.68. The van der Waals surface area contributed by atoms with Crippen molar-refractivity contribution >= 4 is 0 Å². The van der Waals surface area contributed by atoms with E-state index in [9.17, 15) is 26.3 Å². The molecule has 0 spiro atoms. The fourth-order valence-electron chi connectivity index (χ4n) is 4.28. The van der Waals surface area contributed by atoms with E-state index in [1.165, 1.54) is 18.1 Å². The van der Waals surface area contributed by atoms with E-state index in [-0.39, 0.29) is 17.0 Å². The van der Waals surface area contributed by atoms with Crippen molar-refractivity contribution < 1.29 is 26.3 Å². The lowest BCUT2D eigenvalue weighted by atomic mass is 9.77. The van der Waals surface area contributed by atoms with Gasteiger partial charge in [0.1, 0.15) is 17.5 Å². The third kappa shape index (κ3) is 6.18. The molecule has 2 aromatic rings. The Kier molecular flexibility index (Phi) is 7.71. The predicted octanol–water partition coefficient (Wildman–Crippen LogP) is 8.31. The third-order valence-corrected chi connectivity index (χ3v) is 5.97. The van der Waals surface area contributed by atoms with Crippen LogP contribution in [0.4, 0.5) is 26.3 Å². The van der Waals surface area contributed by atoms with Crippen LogP contribution in [0.25, 0.3) is 11.1 Å². The van der Waals surface area contributed by atoms with Crippen LogP contribution >= 0.6 is 0 Å². The minimum Gasteiger partial charge on any atom is -0.206 e. The van der Waals surface area contributed by atoms with E-state index in [0.717, 1.165) is 62.1 Å². The molecule has 1 saturated carbocycles. The molecule has 0 aromatic heterocycles. The van der Waals surface area contributed by atoms with E-state index in [2.05, 4.69) is 12.2 Å². The van der Waals surface area contributed by atoms with Gasteiger partial charge in [0, 0.05) is 11.5 Å². The van der Waals surface area contributed by atoms with Crippen LogP contribution in [0.15, 0.2) is 42.5 Å². The van der Waals surface area contributed by atoms with Crippen LogP contribution < -0.4 is 0 Å². The van der Waals surface area contributed by atoms with Crippen molar-refractivity contribution in [1.82, 2.24) is 0 Å². The van der Waals surface area contributed by atoms with Crippen LogP contribution in [0.3, 0.4) is 0 Å². The number of halogens is 6. The molecule has 1 aliphatic carbocycles. The normalized spacial score (nSPS) is 19.1. The molecular weight excluding hydrogens is 426 g/mol. The number of rotatable bonds is 5. The van der Waals surface area contributed by atoms with Crippen molar-refractivity contribution in [3.05, 3.63) is 71.1 Å². The van der Waals surface area contributed by atoms with E-state index in [0.29, 0.717) is 5.92 Å². The zero-order chi connectivity index (χ0) is 23.3. The Bertz CT molecular complexity index is 1010. The number of hydrogen-bond acceptors (Lipinski definition) is 0. The lowest BCUT2D eigenvalue weighted by Crippen LogP contribution is -2.13. The molecule has 0 saturated heterocycles. The molecule has 2 aromatic carbocycles. The lowest BCUT2D eigenvalue weighted by molar-refractivity contribution is -0.0696. The molecule has 0 heterocycles. The standard InChI is InChI=1S/C26H24F6/c1-2-3-4-5-17-6-8-18(9-7-17)19-10-11-21(23(27)14-19)20-15-24(28)22(25(29)16-20)12-13-26(30,31)32/h2-3,10-11,14-18H,4-9H2,1H3/b3-2+. The summed E-state index contributed by atoms with van der Waals surface area (Å²) in [6.07, 6.45) is 5.69. The zero-order valence-corrected chi connectivity index (χ0v) is 17.7. The number of allylic oxidation sites excluding steroid dienone is 2. The molecule has 0 nitrogen and oxygen atoms in total. The summed E-state index contributed by atoms with van der Waals surface area (Å²) in [5.41, 5.74) is -0.239. The average Bonchev–Trinajstić information content (AvgIpc) is 2.73. The summed E-state index contributed by atoms with van der Waals surface area (Å²) in [6, 6.07) is 6.23. The maximum absolute atomic E-state index is 14.8. The molecule has 1 aliphatic rings. The minimum atomic E-state index is -4.87. The fourth-order valence-corrected chi connectivity index (χ4v) is 4.28. The van der Waals surface area contributed by atoms with Gasteiger partial charge in [-0.15, -0.1) is 0 Å². The summed E-state index contributed by atoms with van der Waals surface area (Å²) >= 11 is 0. The monoisotopic (exact) mass is 450 g/mol. The van der Waals surface area contributed by atoms with Gasteiger partial charge in [-0.3, -0.25) is 0 Å². The fraction of sp³-hybridized carbons (Fsp3) is 0.385. The second-order valence-corrected chi connectivity index (χ2v) is 8.17. The van der Waals surface area contributed by atoms with Crippen molar-refractivity contribution in [3.8, 4) is 23.0 Å². The highest BCUT2D eigenvalue weighted by atomic mass is 19.4. The first kappa shape index (κ1) is 24.0. The van der Waals surface area contributed by atoms with E-state index >= 15 is 0 Å². The van der Waals surface area contributed by atoms with Gasteiger partial charge in [0.25, 0.3) is 0 Å². The van der Waals surface area contributed by atoms with E-state index in [4.69, 9.17) is 0 Å². The molecule has 1 fully saturated rings. The van der Waals surface area contributed by atoms with Crippen LogP contribution in [0, 0.1) is 35.2 Å². The second kappa shape index (κ2) is 10.3. The summed E-state index contributed by atoms with van der Waals surface area (Å²) in [6.45, 7) is 2.01. The molecule has 0 atom stereocenters. The molecular formula is C26H24F6. The molecule has 0 amide bonds. The van der Waals surface area contributed by atoms with Crippen molar-refractivity contribution in [2.24, 2.45) is 5.92 Å². The first-order chi connectivity index (χ1) is 15.2. The van der Waals surface area contributed by atoms with Crippen LogP contribution in [0.1, 0.15) is 62.5 Å². The Balaban J connectivity index is 1.75. The van der Waals surface area contributed by atoms with Gasteiger partial charge in [0.15, 0.2) is 0 Å². The van der Waals surface area contributed by atoms with Gasteiger partial charge in [-0.25, -0.2) is 13.2 Å². The summed E-state index contributed by atoms with van der Waals surface area (Å²) in [4.78, 5) is 0. The molecule has 6 heteroatoms. The van der Waals surface area contributed by atoms with Crippen molar-refractivity contribution in [2.75, 3.05) is 0 Å². The predicted molar refractivity (Wildman–Crippen MR) is 113 cm³/mol. The highest BCUT2D eigenvalue weighted by molar-refractivity contribution is 5.66. The molecule has 0 aliphatic heterocycles. The average molecular weight is 450 g/mol. The first-order valence-corrected chi connectivity index (χ1v) is 10.7. The minimum absolute atomic E-state index is 0.0121. The van der Waals surface area contributed by atoms with E-state index < -0.39 is 29.2 Å². The third-order valence-electron chi connectivity index (χ3n) is 5.97. The zero-order valence-electron chi connectivity index (χ0n) is 17.7. The first-order valence-electron chi connectivity index (χ1n) is 10.7. The maximum atomic E-state index is 14.8. The highest BCUT2D eigenvalue weighted by Crippen LogP contribution is 2.39. The van der Waals surface area contributed by atoms with Gasteiger partial charge in [-0.05, 0) is 86.6 Å². The molecule has 0 radical (unpaired) electrons. The molecule has 0 bridgehead atoms. The lowest BCUT2D eigenvalue weighted by Gasteiger charge is -2.28. The largest absolute Gasteiger partial charge is 0.458 e. The van der Waals surface area contributed by atoms with Gasteiger partial charge in [-0.1, -0.05) is 30.2 Å². The smallest absolute Gasteiger partial charge is 0.206 e. The Morgan fingerprint density at radius 2 is 1.59 bits per heavy atom.